The molecule has 16 nitrogen and oxygen atoms in total. The molecule has 852 valence electrons. The molecule has 10 saturated heterocycles. The van der Waals surface area contributed by atoms with Crippen LogP contribution in [0.15, 0.2) is 91.0 Å². The van der Waals surface area contributed by atoms with Gasteiger partial charge in [-0.2, -0.15) is 0 Å². The Morgan fingerprint density at radius 1 is 0.308 bits per heavy atom. The van der Waals surface area contributed by atoms with Gasteiger partial charge >= 0.3 is 0 Å². The van der Waals surface area contributed by atoms with Gasteiger partial charge in [0.2, 0.25) is 0 Å². The summed E-state index contributed by atoms with van der Waals surface area (Å²) < 4.78 is 34.2. The van der Waals surface area contributed by atoms with Gasteiger partial charge in [0.25, 0.3) is 0 Å². The van der Waals surface area contributed by atoms with Crippen LogP contribution in [0.1, 0.15) is 454 Å². The molecule has 3 aromatic carbocycles. The van der Waals surface area contributed by atoms with Crippen molar-refractivity contribution in [3.05, 3.63) is 108 Å². The van der Waals surface area contributed by atoms with E-state index in [4.69, 9.17) is 28.4 Å². The number of rotatable bonds is 16. The summed E-state index contributed by atoms with van der Waals surface area (Å²) in [6.45, 7) is 114. The van der Waals surface area contributed by atoms with Gasteiger partial charge in [0.05, 0.1) is 41.2 Å². The van der Waals surface area contributed by atoms with Crippen LogP contribution in [-0.2, 0) is 45.9 Å². The van der Waals surface area contributed by atoms with Crippen molar-refractivity contribution in [3.63, 3.8) is 0 Å². The fourth-order valence-corrected chi connectivity index (χ4v) is 25.0. The number of morpholine rings is 1. The van der Waals surface area contributed by atoms with Crippen molar-refractivity contribution in [3.8, 4) is 0 Å². The molecule has 10 aliphatic rings. The van der Waals surface area contributed by atoms with E-state index in [0.29, 0.717) is 61.8 Å². The fourth-order valence-electron chi connectivity index (χ4n) is 25.0. The van der Waals surface area contributed by atoms with Gasteiger partial charge in [0.1, 0.15) is 0 Å². The number of methoxy groups -OCH3 is 5. The zero-order chi connectivity index (χ0) is 111. The predicted molar refractivity (Wildman–Crippen MR) is 636 cm³/mol. The maximum Gasteiger partial charge on any atom is 0.0951 e. The molecule has 0 radical (unpaired) electrons. The minimum atomic E-state index is -0.0803. The van der Waals surface area contributed by atoms with Crippen molar-refractivity contribution in [2.24, 2.45) is 17.3 Å². The number of benzene rings is 3. The highest BCUT2D eigenvalue weighted by molar-refractivity contribution is 5.27. The predicted octanol–water partition coefficient (Wildman–Crippen LogP) is 30.2. The second-order valence-corrected chi connectivity index (χ2v) is 56.7. The summed E-state index contributed by atoms with van der Waals surface area (Å²) in [7, 11) is 9.28. The lowest BCUT2D eigenvalue weighted by atomic mass is 9.70. The van der Waals surface area contributed by atoms with Gasteiger partial charge in [-0.25, -0.2) is 0 Å². The second kappa shape index (κ2) is 60.5. The summed E-state index contributed by atoms with van der Waals surface area (Å²) >= 11 is 0. The van der Waals surface area contributed by atoms with Gasteiger partial charge < -0.3 is 28.4 Å². The number of hydrogen-bond acceptors (Lipinski definition) is 16. The first-order chi connectivity index (χ1) is 67.6. The van der Waals surface area contributed by atoms with E-state index >= 15 is 0 Å². The van der Waals surface area contributed by atoms with E-state index in [1.54, 1.807) is 5.56 Å². The molecule has 0 amide bonds. The highest BCUT2D eigenvalue weighted by Crippen LogP contribution is 2.44. The Hall–Kier alpha value is -2.98. The third-order valence-electron chi connectivity index (χ3n) is 35.6. The molecule has 16 heteroatoms. The van der Waals surface area contributed by atoms with Crippen molar-refractivity contribution in [2.45, 2.75) is 551 Å². The Morgan fingerprint density at radius 3 is 0.918 bits per heavy atom. The van der Waals surface area contributed by atoms with Crippen molar-refractivity contribution < 1.29 is 28.4 Å². The van der Waals surface area contributed by atoms with Gasteiger partial charge in [-0.3, -0.25) is 49.0 Å². The SMILES string of the molecule is CC1CC(C)CN(C(C)(C)C)C1.CC1CCCCN1C(C)(C)C.CC1CN(C(C)(C)C)CC(C)O1.CCC1(OC)CCN(C(C)(C)C)CC1.CCC1(OC)CCN(C(C)(C)C)CC1.CCC1(c2ccccc2)CCN(C(C)(C)C)CC1.CCC1CCCCN1C(C)(C)C.CCCC1(OC)CCN(C(C)(C)C)CC1.COC1(c2ccccc2)CCN(C(C)(C)C)CC1.COCC1(Cc2ccccc2)CCN(C(C)(C)C)CC1. The molecule has 0 N–H and O–H groups in total. The molecule has 0 saturated carbocycles. The number of piperidine rings is 9. The Labute approximate surface area is 908 Å². The van der Waals surface area contributed by atoms with Crippen molar-refractivity contribution in [1.29, 1.82) is 0 Å². The zero-order valence-corrected chi connectivity index (χ0v) is 105. The van der Waals surface area contributed by atoms with Crippen LogP contribution in [0.2, 0.25) is 0 Å². The van der Waals surface area contributed by atoms with E-state index in [2.05, 4.69) is 417 Å². The summed E-state index contributed by atoms with van der Waals surface area (Å²) in [5.74, 6) is 1.76. The van der Waals surface area contributed by atoms with Crippen LogP contribution in [0, 0.1) is 17.3 Å². The van der Waals surface area contributed by atoms with E-state index in [9.17, 15) is 0 Å². The first kappa shape index (κ1) is 135. The van der Waals surface area contributed by atoms with Gasteiger partial charge in [0, 0.05) is 187 Å². The van der Waals surface area contributed by atoms with Gasteiger partial charge in [0.15, 0.2) is 0 Å². The molecule has 10 fully saturated rings. The standard InChI is InChI=1S/C18H29NO.C17H27N.C16H25NO.C13H27NO.2C12H25NO.2C11H23N.C10H21NO.C10H21N/c1-17(2,3)19-12-10-18(11-13-19,15-20-4)14-16-8-6-5-7-9-16;1-5-17(15-9-7-6-8-10-15)11-13-18(14-12-17)16(2,3)4;1-15(2,3)17-12-10-16(18-4,11-13-17)14-8-6-5-7-9-14;1-6-7-13(15-5)8-10-14(11-9-13)12(2,3)4;2*1-6-12(14-5)7-9-13(10-8-12)11(2,3)4;1-9-6-10(2)8-12(7-9)11(3,4)5;1-5-10-8-6-7-9-12(10)11(2,3)4;1-8-6-11(10(3,4)5)7-9(2)12-8;1-9-7-5-6-8-11(9)10(2,3)4/h5-9H,10-15H2,1-4H3;6-10H,5,11-14H2,1-4H3;5-9H,10-13H2,1-4H3;6-11H2,1-5H3;2*6-10H2,1-5H3;9-10H,6-8H2,1-5H3;10H,5-9H2,1-4H3;8-9H,6-7H2,1-5H3;9H,5-8H2,1-4H3. The van der Waals surface area contributed by atoms with E-state index < -0.39 is 0 Å². The van der Waals surface area contributed by atoms with Crippen LogP contribution < -0.4 is 0 Å². The highest BCUT2D eigenvalue weighted by atomic mass is 16.5. The Bertz CT molecular complexity index is 3670. The van der Waals surface area contributed by atoms with Crippen molar-refractivity contribution in [1.82, 2.24) is 49.0 Å². The smallest absolute Gasteiger partial charge is 0.0951 e. The van der Waals surface area contributed by atoms with E-state index in [1.807, 2.05) is 35.5 Å². The Morgan fingerprint density at radius 2 is 0.623 bits per heavy atom. The van der Waals surface area contributed by atoms with Crippen molar-refractivity contribution in [2.75, 3.05) is 160 Å². The highest BCUT2D eigenvalue weighted by Gasteiger charge is 2.45. The minimum absolute atomic E-state index is 0.0803. The van der Waals surface area contributed by atoms with E-state index in [0.717, 1.165) is 88.8 Å². The average molecular weight is 2050 g/mol. The lowest BCUT2D eigenvalue weighted by molar-refractivity contribution is -0.0924. The zero-order valence-electron chi connectivity index (χ0n) is 105. The summed E-state index contributed by atoms with van der Waals surface area (Å²) in [6, 6.07) is 34.3. The lowest BCUT2D eigenvalue weighted by Gasteiger charge is -2.46. The summed E-state index contributed by atoms with van der Waals surface area (Å²) in [4.78, 5) is 25.9. The molecule has 0 bridgehead atoms. The Kier molecular flexibility index (Phi) is 56.1. The number of hydrogen-bond donors (Lipinski definition) is 0. The fraction of sp³-hybridized carbons (Fsp3) is 0.862. The van der Waals surface area contributed by atoms with Crippen LogP contribution in [0.25, 0.3) is 0 Å². The number of nitrogens with zero attached hydrogens (tertiary/aromatic N) is 10. The van der Waals surface area contributed by atoms with Gasteiger partial charge in [-0.1, -0.05) is 159 Å². The van der Waals surface area contributed by atoms with Crippen LogP contribution in [0.3, 0.4) is 0 Å². The van der Waals surface area contributed by atoms with Crippen LogP contribution >= 0.6 is 0 Å². The van der Waals surface area contributed by atoms with Crippen molar-refractivity contribution >= 4 is 0 Å². The largest absolute Gasteiger partial charge is 0.384 e. The molecule has 0 aliphatic carbocycles. The number of likely N-dealkylation sites (tertiary alicyclic amines) is 9. The quantitative estimate of drug-likeness (QED) is 0.136. The first-order valence-electron chi connectivity index (χ1n) is 59.6. The molecule has 13 rings (SSSR count). The second-order valence-electron chi connectivity index (χ2n) is 56.7. The molecule has 146 heavy (non-hydrogen) atoms. The third kappa shape index (κ3) is 45.3. The molecular formula is C130H246N10O6. The molecule has 6 unspecified atom stereocenters. The van der Waals surface area contributed by atoms with Gasteiger partial charge in [-0.05, 0) is 449 Å². The summed E-state index contributed by atoms with van der Waals surface area (Å²) in [5.41, 5.74) is 8.67. The molecule has 10 heterocycles. The monoisotopic (exact) mass is 2040 g/mol. The normalized spacial score (nSPS) is 24.8. The molecule has 0 aromatic heterocycles. The van der Waals surface area contributed by atoms with Crippen LogP contribution in [-0.4, -0.2) is 305 Å². The maximum absolute atomic E-state index is 5.90. The third-order valence-corrected chi connectivity index (χ3v) is 35.6. The van der Waals surface area contributed by atoms with Gasteiger partial charge in [-0.15, -0.1) is 0 Å². The Balaban J connectivity index is 0.000000340. The molecule has 6 atom stereocenters. The first-order valence-corrected chi connectivity index (χ1v) is 59.6. The molecule has 10 aliphatic heterocycles. The lowest BCUT2D eigenvalue weighted by Crippen LogP contribution is -2.53. The van der Waals surface area contributed by atoms with Crippen LogP contribution in [0.5, 0.6) is 0 Å². The topological polar surface area (TPSA) is 87.8 Å². The number of ether oxygens (including phenoxy) is 6. The maximum atomic E-state index is 5.90. The average Bonchev–Trinajstić information content (AvgIpc) is 0.789. The van der Waals surface area contributed by atoms with Crippen LogP contribution in [0.4, 0.5) is 0 Å². The molecule has 0 spiro atoms. The van der Waals surface area contributed by atoms with E-state index in [1.165, 1.54) is 238 Å². The van der Waals surface area contributed by atoms with E-state index in [-0.39, 0.29) is 39.0 Å². The minimum Gasteiger partial charge on any atom is -0.384 e. The summed E-state index contributed by atoms with van der Waals surface area (Å²) in [6.07, 6.45) is 33.3. The molecule has 3 aromatic rings. The molecular weight excluding hydrogens is 1800 g/mol. The summed E-state index contributed by atoms with van der Waals surface area (Å²) in [5, 5.41) is 0.